The highest BCUT2D eigenvalue weighted by Gasteiger charge is 1.97. The lowest BCUT2D eigenvalue weighted by molar-refractivity contribution is 1.57. The van der Waals surface area contributed by atoms with Gasteiger partial charge in [0.05, 0.1) is 0 Å². The molecule has 0 nitrogen and oxygen atoms in total. The largest absolute Gasteiger partial charge is 0.145 e. The van der Waals surface area contributed by atoms with Crippen LogP contribution in [0.2, 0.25) is 0 Å². The van der Waals surface area contributed by atoms with Gasteiger partial charge in [-0.05, 0) is 25.5 Å². The molecule has 0 amide bonds. The molecule has 0 atom stereocenters. The molecule has 0 spiro atoms. The Hall–Kier alpha value is -0.270. The molecule has 11 heavy (non-hydrogen) atoms. The van der Waals surface area contributed by atoms with E-state index in [0.717, 1.165) is 0 Å². The molecule has 2 heteroatoms. The van der Waals surface area contributed by atoms with E-state index >= 15 is 0 Å². The normalized spacial score (nSPS) is 11.2. The maximum Gasteiger partial charge on any atom is 0.0407 e. The van der Waals surface area contributed by atoms with Gasteiger partial charge in [-0.25, -0.2) is 0 Å². The Morgan fingerprint density at radius 3 is 2.73 bits per heavy atom. The fourth-order valence-electron chi connectivity index (χ4n) is 0.987. The number of hydrogen-bond donors (Lipinski definition) is 0. The second kappa shape index (κ2) is 3.93. The molecular formula is C9H11ClS. The number of allylic oxidation sites excluding steroid dienone is 1. The van der Waals surface area contributed by atoms with Crippen LogP contribution in [-0.2, 0) is 0 Å². The van der Waals surface area contributed by atoms with Crippen LogP contribution < -0.4 is 0 Å². The predicted molar refractivity (Wildman–Crippen MR) is 53.5 cm³/mol. The maximum atomic E-state index is 5.53. The third-order valence-electron chi connectivity index (χ3n) is 1.47. The molecule has 0 aromatic carbocycles. The van der Waals surface area contributed by atoms with Gasteiger partial charge in [0.15, 0.2) is 0 Å². The highest BCUT2D eigenvalue weighted by molar-refractivity contribution is 7.12. The van der Waals surface area contributed by atoms with E-state index in [9.17, 15) is 0 Å². The van der Waals surface area contributed by atoms with Crippen molar-refractivity contribution in [1.82, 2.24) is 0 Å². The van der Waals surface area contributed by atoms with Crippen molar-refractivity contribution < 1.29 is 0 Å². The van der Waals surface area contributed by atoms with Crippen LogP contribution in [0.15, 0.2) is 12.1 Å². The number of alkyl halides is 1. The van der Waals surface area contributed by atoms with Crippen molar-refractivity contribution in [2.24, 2.45) is 0 Å². The van der Waals surface area contributed by atoms with E-state index in [1.165, 1.54) is 15.3 Å². The smallest absolute Gasteiger partial charge is 0.0407 e. The van der Waals surface area contributed by atoms with E-state index in [-0.39, 0.29) is 0 Å². The number of rotatable bonds is 2. The minimum atomic E-state index is 0.592. The van der Waals surface area contributed by atoms with E-state index in [2.05, 4.69) is 26.0 Å². The first kappa shape index (κ1) is 8.82. The van der Waals surface area contributed by atoms with Gasteiger partial charge in [-0.15, -0.1) is 22.9 Å². The molecule has 0 radical (unpaired) electrons. The summed E-state index contributed by atoms with van der Waals surface area (Å²) in [5.41, 5.74) is 1.30. The Morgan fingerprint density at radius 1 is 1.55 bits per heavy atom. The van der Waals surface area contributed by atoms with E-state index in [1.54, 1.807) is 0 Å². The molecule has 1 heterocycles. The molecule has 1 aromatic heterocycles. The van der Waals surface area contributed by atoms with Crippen LogP contribution in [-0.4, -0.2) is 5.88 Å². The minimum absolute atomic E-state index is 0.592. The molecule has 0 aliphatic carbocycles. The monoisotopic (exact) mass is 186 g/mol. The summed E-state index contributed by atoms with van der Waals surface area (Å²) in [6, 6.07) is 2.18. The van der Waals surface area contributed by atoms with Crippen molar-refractivity contribution in [1.29, 1.82) is 0 Å². The molecule has 1 rings (SSSR count). The zero-order chi connectivity index (χ0) is 8.27. The molecule has 0 saturated carbocycles. The molecular weight excluding hydrogens is 176 g/mol. The molecule has 60 valence electrons. The quantitative estimate of drug-likeness (QED) is 0.619. The van der Waals surface area contributed by atoms with E-state index in [4.69, 9.17) is 11.6 Å². The topological polar surface area (TPSA) is 0 Å². The van der Waals surface area contributed by atoms with Gasteiger partial charge in [0.25, 0.3) is 0 Å². The van der Waals surface area contributed by atoms with Crippen LogP contribution in [0.3, 0.4) is 0 Å². The zero-order valence-corrected chi connectivity index (χ0v) is 8.30. The van der Waals surface area contributed by atoms with Gasteiger partial charge >= 0.3 is 0 Å². The molecule has 0 saturated heterocycles. The lowest BCUT2D eigenvalue weighted by atomic mass is 10.2. The van der Waals surface area contributed by atoms with Crippen LogP contribution >= 0.6 is 22.9 Å². The van der Waals surface area contributed by atoms with Crippen molar-refractivity contribution in [3.63, 3.8) is 0 Å². The standard InChI is InChI=1S/C9H11ClS/c1-7-6-9(4-3-5-10)8(2)11-7/h3-4,6H,5H2,1-2H3/b4-3+. The van der Waals surface area contributed by atoms with Crippen molar-refractivity contribution in [3.8, 4) is 0 Å². The first-order valence-corrected chi connectivity index (χ1v) is 4.88. The van der Waals surface area contributed by atoms with Crippen molar-refractivity contribution in [2.75, 3.05) is 5.88 Å². The number of hydrogen-bond acceptors (Lipinski definition) is 1. The number of halogens is 1. The minimum Gasteiger partial charge on any atom is -0.145 e. The summed E-state index contributed by atoms with van der Waals surface area (Å²) in [5.74, 6) is 0.592. The maximum absolute atomic E-state index is 5.53. The summed E-state index contributed by atoms with van der Waals surface area (Å²) in [4.78, 5) is 2.72. The van der Waals surface area contributed by atoms with E-state index in [1.807, 2.05) is 17.4 Å². The van der Waals surface area contributed by atoms with Gasteiger partial charge < -0.3 is 0 Å². The van der Waals surface area contributed by atoms with Crippen LogP contribution in [0.25, 0.3) is 6.08 Å². The van der Waals surface area contributed by atoms with Crippen LogP contribution in [0.1, 0.15) is 15.3 Å². The average Bonchev–Trinajstić information content (AvgIpc) is 2.26. The first-order chi connectivity index (χ1) is 5.24. The second-order valence-electron chi connectivity index (χ2n) is 2.43. The second-order valence-corrected chi connectivity index (χ2v) is 4.19. The van der Waals surface area contributed by atoms with E-state index in [0.29, 0.717) is 5.88 Å². The Bertz CT molecular complexity index is 261. The van der Waals surface area contributed by atoms with Gasteiger partial charge in [-0.2, -0.15) is 0 Å². The lowest BCUT2D eigenvalue weighted by Crippen LogP contribution is -1.68. The SMILES string of the molecule is Cc1cc(/C=C/CCl)c(C)s1. The summed E-state index contributed by atoms with van der Waals surface area (Å²) in [6.45, 7) is 4.25. The summed E-state index contributed by atoms with van der Waals surface area (Å²) in [5, 5.41) is 0. The van der Waals surface area contributed by atoms with Crippen molar-refractivity contribution >= 4 is 29.0 Å². The Labute approximate surface area is 76.5 Å². The summed E-state index contributed by atoms with van der Waals surface area (Å²) >= 11 is 7.35. The number of aryl methyl sites for hydroxylation is 2. The Morgan fingerprint density at radius 2 is 2.27 bits per heavy atom. The van der Waals surface area contributed by atoms with Gasteiger partial charge in [0, 0.05) is 15.6 Å². The highest BCUT2D eigenvalue weighted by Crippen LogP contribution is 2.21. The third-order valence-corrected chi connectivity index (χ3v) is 2.63. The fourth-order valence-corrected chi connectivity index (χ4v) is 1.99. The zero-order valence-electron chi connectivity index (χ0n) is 6.73. The molecule has 0 N–H and O–H groups in total. The molecule has 0 aliphatic heterocycles. The van der Waals surface area contributed by atoms with Crippen LogP contribution in [0.5, 0.6) is 0 Å². The lowest BCUT2D eigenvalue weighted by Gasteiger charge is -1.86. The van der Waals surface area contributed by atoms with E-state index < -0.39 is 0 Å². The average molecular weight is 187 g/mol. The van der Waals surface area contributed by atoms with Crippen LogP contribution in [0, 0.1) is 13.8 Å². The summed E-state index contributed by atoms with van der Waals surface area (Å²) in [6.07, 6.45) is 4.04. The summed E-state index contributed by atoms with van der Waals surface area (Å²) < 4.78 is 0. The third kappa shape index (κ3) is 2.35. The first-order valence-electron chi connectivity index (χ1n) is 3.53. The molecule has 0 fully saturated rings. The van der Waals surface area contributed by atoms with Gasteiger partial charge in [0.2, 0.25) is 0 Å². The van der Waals surface area contributed by atoms with Gasteiger partial charge in [-0.1, -0.05) is 12.2 Å². The Kier molecular flexibility index (Phi) is 3.16. The predicted octanol–water partition coefficient (Wildman–Crippen LogP) is 3.62. The molecule has 0 bridgehead atoms. The molecule has 0 aliphatic rings. The van der Waals surface area contributed by atoms with Gasteiger partial charge in [-0.3, -0.25) is 0 Å². The summed E-state index contributed by atoms with van der Waals surface area (Å²) in [7, 11) is 0. The Balaban J connectivity index is 2.85. The fraction of sp³-hybridized carbons (Fsp3) is 0.333. The van der Waals surface area contributed by atoms with Crippen molar-refractivity contribution in [3.05, 3.63) is 27.5 Å². The van der Waals surface area contributed by atoms with Crippen molar-refractivity contribution in [2.45, 2.75) is 13.8 Å². The molecule has 1 aromatic rings. The van der Waals surface area contributed by atoms with Crippen LogP contribution in [0.4, 0.5) is 0 Å². The molecule has 0 unspecified atom stereocenters. The number of thiophene rings is 1. The highest BCUT2D eigenvalue weighted by atomic mass is 35.5. The van der Waals surface area contributed by atoms with Gasteiger partial charge in [0.1, 0.15) is 0 Å².